The lowest BCUT2D eigenvalue weighted by atomic mass is 9.97. The number of hydrogen-bond acceptors (Lipinski definition) is 4. The lowest BCUT2D eigenvalue weighted by Crippen LogP contribution is -2.42. The normalized spacial score (nSPS) is 16.5. The van der Waals surface area contributed by atoms with Crippen LogP contribution in [-0.2, 0) is 21.4 Å². The molecular weight excluding hydrogens is 504 g/mol. The van der Waals surface area contributed by atoms with Crippen LogP contribution in [0.25, 0.3) is 0 Å². The van der Waals surface area contributed by atoms with Crippen molar-refractivity contribution in [3.63, 3.8) is 0 Å². The van der Waals surface area contributed by atoms with Gasteiger partial charge in [0.2, 0.25) is 5.91 Å². The van der Waals surface area contributed by atoms with Crippen LogP contribution in [0.1, 0.15) is 18.4 Å². The van der Waals surface area contributed by atoms with E-state index in [1.54, 1.807) is 12.1 Å². The second-order valence-corrected chi connectivity index (χ2v) is 11.6. The summed E-state index contributed by atoms with van der Waals surface area (Å²) in [5, 5.41) is 2.95. The molecule has 0 spiro atoms. The minimum absolute atomic E-state index is 0.0103. The van der Waals surface area contributed by atoms with E-state index in [9.17, 15) is 13.2 Å². The molecule has 2 aromatic rings. The average molecular weight is 522 g/mol. The van der Waals surface area contributed by atoms with Gasteiger partial charge >= 0.3 is 0 Å². The number of rotatable bonds is 5. The zero-order chi connectivity index (χ0) is 18.7. The Morgan fingerprint density at radius 1 is 1.12 bits per heavy atom. The molecule has 3 rings (SSSR count). The van der Waals surface area contributed by atoms with Gasteiger partial charge in [-0.05, 0) is 58.6 Å². The van der Waals surface area contributed by atoms with E-state index in [2.05, 4.69) is 37.2 Å². The number of nitrogens with zero attached hydrogens (tertiary/aromatic N) is 1. The van der Waals surface area contributed by atoms with E-state index in [1.807, 2.05) is 24.3 Å². The zero-order valence-corrected chi connectivity index (χ0v) is 18.6. The van der Waals surface area contributed by atoms with Crippen LogP contribution in [0, 0.1) is 5.92 Å². The van der Waals surface area contributed by atoms with Crippen LogP contribution in [0.4, 0.5) is 0 Å². The fraction of sp³-hybridized carbons (Fsp3) is 0.353. The molecule has 0 aliphatic carbocycles. The summed E-state index contributed by atoms with van der Waals surface area (Å²) in [4.78, 5) is 12.4. The van der Waals surface area contributed by atoms with Crippen molar-refractivity contribution in [3.8, 4) is 0 Å². The maximum absolute atomic E-state index is 12.6. The number of carbonyl (C=O) groups is 1. The van der Waals surface area contributed by atoms with Gasteiger partial charge in [-0.25, -0.2) is 8.42 Å². The molecule has 2 heterocycles. The van der Waals surface area contributed by atoms with E-state index < -0.39 is 10.0 Å². The Labute approximate surface area is 174 Å². The van der Waals surface area contributed by atoms with Crippen molar-refractivity contribution < 1.29 is 13.2 Å². The number of nitrogens with one attached hydrogen (secondary N) is 1. The predicted octanol–water partition coefficient (Wildman–Crippen LogP) is 3.99. The highest BCUT2D eigenvalue weighted by Gasteiger charge is 2.32. The maximum atomic E-state index is 12.6. The largest absolute Gasteiger partial charge is 0.352 e. The molecule has 5 nitrogen and oxygen atoms in total. The van der Waals surface area contributed by atoms with E-state index in [4.69, 9.17) is 0 Å². The molecule has 1 fully saturated rings. The lowest BCUT2D eigenvalue weighted by molar-refractivity contribution is -0.126. The summed E-state index contributed by atoms with van der Waals surface area (Å²) in [5.74, 6) is -0.157. The van der Waals surface area contributed by atoms with Gasteiger partial charge < -0.3 is 5.32 Å². The Morgan fingerprint density at radius 2 is 1.77 bits per heavy atom. The molecule has 0 radical (unpaired) electrons. The van der Waals surface area contributed by atoms with Crippen LogP contribution < -0.4 is 5.32 Å². The van der Waals surface area contributed by atoms with Crippen molar-refractivity contribution in [3.05, 3.63) is 50.2 Å². The Hall–Kier alpha value is -0.740. The van der Waals surface area contributed by atoms with Gasteiger partial charge in [0, 0.05) is 30.0 Å². The van der Waals surface area contributed by atoms with Crippen LogP contribution in [0.5, 0.6) is 0 Å². The van der Waals surface area contributed by atoms with Crippen molar-refractivity contribution >= 4 is 59.1 Å². The van der Waals surface area contributed by atoms with E-state index in [-0.39, 0.29) is 11.8 Å². The van der Waals surface area contributed by atoms with E-state index >= 15 is 0 Å². The molecule has 1 aromatic heterocycles. The first kappa shape index (κ1) is 20.0. The number of amides is 1. The van der Waals surface area contributed by atoms with Gasteiger partial charge in [0.25, 0.3) is 10.0 Å². The van der Waals surface area contributed by atoms with Gasteiger partial charge in [0.1, 0.15) is 4.21 Å². The highest BCUT2D eigenvalue weighted by molar-refractivity contribution is 9.11. The quantitative estimate of drug-likeness (QED) is 0.646. The predicted molar refractivity (Wildman–Crippen MR) is 109 cm³/mol. The van der Waals surface area contributed by atoms with Crippen LogP contribution >= 0.6 is 43.2 Å². The van der Waals surface area contributed by atoms with Crippen molar-refractivity contribution in [2.45, 2.75) is 23.6 Å². The number of carbonyl (C=O) groups excluding carboxylic acids is 1. The molecular formula is C17H18Br2N2O3S2. The van der Waals surface area contributed by atoms with Gasteiger partial charge in [0.05, 0.1) is 3.79 Å². The van der Waals surface area contributed by atoms with Crippen molar-refractivity contribution in [1.82, 2.24) is 9.62 Å². The minimum atomic E-state index is -3.46. The number of thiophene rings is 1. The first-order valence-electron chi connectivity index (χ1n) is 8.14. The molecule has 1 N–H and O–H groups in total. The number of piperidine rings is 1. The summed E-state index contributed by atoms with van der Waals surface area (Å²) in [6, 6.07) is 11.1. The first-order chi connectivity index (χ1) is 12.4. The van der Waals surface area contributed by atoms with Crippen molar-refractivity contribution in [1.29, 1.82) is 0 Å². The molecule has 140 valence electrons. The third-order valence-corrected chi connectivity index (χ3v) is 8.87. The van der Waals surface area contributed by atoms with Crippen LogP contribution in [0.3, 0.4) is 0 Å². The number of halogens is 2. The molecule has 1 saturated heterocycles. The third kappa shape index (κ3) is 4.75. The highest BCUT2D eigenvalue weighted by Crippen LogP contribution is 2.30. The summed E-state index contributed by atoms with van der Waals surface area (Å²) < 4.78 is 28.9. The fourth-order valence-electron chi connectivity index (χ4n) is 2.86. The highest BCUT2D eigenvalue weighted by atomic mass is 79.9. The number of sulfonamides is 1. The summed E-state index contributed by atoms with van der Waals surface area (Å²) in [6.07, 6.45) is 1.08. The zero-order valence-electron chi connectivity index (χ0n) is 13.8. The molecule has 26 heavy (non-hydrogen) atoms. The Morgan fingerprint density at radius 3 is 2.35 bits per heavy atom. The summed E-state index contributed by atoms with van der Waals surface area (Å²) in [5.41, 5.74) is 1.03. The number of benzene rings is 1. The van der Waals surface area contributed by atoms with Crippen LogP contribution in [0.15, 0.2) is 48.9 Å². The monoisotopic (exact) mass is 520 g/mol. The number of hydrogen-bond donors (Lipinski definition) is 1. The fourth-order valence-corrected chi connectivity index (χ4v) is 6.76. The second-order valence-electron chi connectivity index (χ2n) is 6.08. The molecule has 1 aliphatic rings. The second kappa shape index (κ2) is 8.52. The first-order valence-corrected chi connectivity index (χ1v) is 12.0. The molecule has 0 saturated carbocycles. The average Bonchev–Trinajstić information content (AvgIpc) is 3.08. The SMILES string of the molecule is O=C(NCc1ccc(Br)cc1)C1CCN(S(=O)(=O)c2ccc(Br)s2)CC1. The molecule has 0 atom stereocenters. The topological polar surface area (TPSA) is 66.5 Å². The molecule has 1 aromatic carbocycles. The van der Waals surface area contributed by atoms with Gasteiger partial charge in [0.15, 0.2) is 0 Å². The molecule has 0 bridgehead atoms. The molecule has 0 unspecified atom stereocenters. The Bertz CT molecular complexity index is 874. The van der Waals surface area contributed by atoms with E-state index in [1.165, 1.54) is 15.6 Å². The molecule has 1 aliphatic heterocycles. The van der Waals surface area contributed by atoms with Gasteiger partial charge in [-0.15, -0.1) is 11.3 Å². The third-order valence-electron chi connectivity index (χ3n) is 4.35. The van der Waals surface area contributed by atoms with Gasteiger partial charge in [-0.1, -0.05) is 28.1 Å². The van der Waals surface area contributed by atoms with E-state index in [0.29, 0.717) is 36.7 Å². The maximum Gasteiger partial charge on any atom is 0.252 e. The standard InChI is InChI=1S/C17H18Br2N2O3S2/c18-14-3-1-12(2-4-14)11-20-17(22)13-7-9-21(10-8-13)26(23,24)16-6-5-15(19)25-16/h1-6,13H,7-11H2,(H,20,22). The Kier molecular flexibility index (Phi) is 6.55. The van der Waals surface area contributed by atoms with Crippen molar-refractivity contribution in [2.24, 2.45) is 5.92 Å². The summed E-state index contributed by atoms with van der Waals surface area (Å²) in [7, 11) is -3.46. The van der Waals surface area contributed by atoms with E-state index in [0.717, 1.165) is 13.8 Å². The van der Waals surface area contributed by atoms with Crippen molar-refractivity contribution in [2.75, 3.05) is 13.1 Å². The smallest absolute Gasteiger partial charge is 0.252 e. The summed E-state index contributed by atoms with van der Waals surface area (Å²) in [6.45, 7) is 1.22. The lowest BCUT2D eigenvalue weighted by Gasteiger charge is -2.30. The van der Waals surface area contributed by atoms with Gasteiger partial charge in [-0.3, -0.25) is 4.79 Å². The van der Waals surface area contributed by atoms with Crippen LogP contribution in [0.2, 0.25) is 0 Å². The molecule has 1 amide bonds. The summed E-state index contributed by atoms with van der Waals surface area (Å²) >= 11 is 7.89. The Balaban J connectivity index is 1.53. The minimum Gasteiger partial charge on any atom is -0.352 e. The van der Waals surface area contributed by atoms with Crippen LogP contribution in [-0.4, -0.2) is 31.7 Å². The van der Waals surface area contributed by atoms with Gasteiger partial charge in [-0.2, -0.15) is 4.31 Å². The molecule has 9 heteroatoms.